The molecule has 92 valence electrons. The van der Waals surface area contributed by atoms with Gasteiger partial charge in [-0.25, -0.2) is 8.78 Å². The van der Waals surface area contributed by atoms with Crippen LogP contribution in [0.4, 0.5) is 8.78 Å². The monoisotopic (exact) mass is 259 g/mol. The van der Waals surface area contributed by atoms with E-state index in [9.17, 15) is 8.78 Å². The van der Waals surface area contributed by atoms with E-state index in [0.29, 0.717) is 12.4 Å². The summed E-state index contributed by atoms with van der Waals surface area (Å²) in [4.78, 5) is 0. The van der Waals surface area contributed by atoms with E-state index in [1.54, 1.807) is 6.08 Å². The maximum atomic E-state index is 13.6. The van der Waals surface area contributed by atoms with Crippen LogP contribution in [0.1, 0.15) is 24.4 Å². The highest BCUT2D eigenvalue weighted by Crippen LogP contribution is 2.28. The van der Waals surface area contributed by atoms with Gasteiger partial charge in [0, 0.05) is 5.56 Å². The zero-order chi connectivity index (χ0) is 12.4. The van der Waals surface area contributed by atoms with Crippen molar-refractivity contribution >= 4 is 11.6 Å². The summed E-state index contributed by atoms with van der Waals surface area (Å²) in [5.41, 5.74) is 5.90. The lowest BCUT2D eigenvalue weighted by Gasteiger charge is -2.21. The summed E-state index contributed by atoms with van der Waals surface area (Å²) in [6, 6.07) is 1.15. The first-order chi connectivity index (χ1) is 8.09. The van der Waals surface area contributed by atoms with Gasteiger partial charge < -0.3 is 10.5 Å². The van der Waals surface area contributed by atoms with Gasteiger partial charge >= 0.3 is 0 Å². The standard InChI is InChI=1S/C12H12ClF2NO/c13-8-6-9(14)7(5-10(8)15)12(16)11-3-1-2-4-17-11/h3,5-6,12H,1-2,4,16H2. The van der Waals surface area contributed by atoms with Crippen LogP contribution in [0.15, 0.2) is 24.0 Å². The minimum Gasteiger partial charge on any atom is -0.496 e. The van der Waals surface area contributed by atoms with E-state index in [1.807, 2.05) is 0 Å². The van der Waals surface area contributed by atoms with Crippen LogP contribution >= 0.6 is 11.6 Å². The van der Waals surface area contributed by atoms with Gasteiger partial charge in [0.05, 0.1) is 17.7 Å². The Labute approximate surface area is 103 Å². The Morgan fingerprint density at radius 1 is 1.29 bits per heavy atom. The quantitative estimate of drug-likeness (QED) is 0.827. The van der Waals surface area contributed by atoms with Gasteiger partial charge in [0.15, 0.2) is 0 Å². The normalized spacial score (nSPS) is 17.3. The molecule has 5 heteroatoms. The first-order valence-corrected chi connectivity index (χ1v) is 5.70. The van der Waals surface area contributed by atoms with Crippen molar-refractivity contribution in [2.45, 2.75) is 18.9 Å². The van der Waals surface area contributed by atoms with Crippen molar-refractivity contribution in [3.63, 3.8) is 0 Å². The zero-order valence-electron chi connectivity index (χ0n) is 9.05. The second kappa shape index (κ2) is 5.02. The number of hydrogen-bond donors (Lipinski definition) is 1. The maximum absolute atomic E-state index is 13.6. The largest absolute Gasteiger partial charge is 0.496 e. The molecule has 1 aromatic carbocycles. The Balaban J connectivity index is 2.33. The minimum atomic E-state index is -0.790. The summed E-state index contributed by atoms with van der Waals surface area (Å²) in [7, 11) is 0. The molecule has 0 saturated carbocycles. The Morgan fingerprint density at radius 2 is 2.06 bits per heavy atom. The van der Waals surface area contributed by atoms with E-state index >= 15 is 0 Å². The third-order valence-corrected chi connectivity index (χ3v) is 2.93. The molecule has 0 radical (unpaired) electrons. The molecule has 1 unspecified atom stereocenters. The lowest BCUT2D eigenvalue weighted by molar-refractivity contribution is 0.175. The van der Waals surface area contributed by atoms with Gasteiger partial charge in [0.1, 0.15) is 17.4 Å². The van der Waals surface area contributed by atoms with Gasteiger partial charge in [-0.1, -0.05) is 11.6 Å². The molecule has 0 aromatic heterocycles. The predicted octanol–water partition coefficient (Wildman–Crippen LogP) is 3.31. The summed E-state index contributed by atoms with van der Waals surface area (Å²) in [6.45, 7) is 0.553. The number of nitrogens with two attached hydrogens (primary N) is 1. The second-order valence-electron chi connectivity index (χ2n) is 3.86. The zero-order valence-corrected chi connectivity index (χ0v) is 9.81. The first-order valence-electron chi connectivity index (χ1n) is 5.32. The maximum Gasteiger partial charge on any atom is 0.142 e. The van der Waals surface area contributed by atoms with E-state index in [2.05, 4.69) is 0 Å². The number of rotatable bonds is 2. The molecule has 0 spiro atoms. The minimum absolute atomic E-state index is 0.0556. The van der Waals surface area contributed by atoms with Crippen molar-refractivity contribution in [3.8, 4) is 0 Å². The second-order valence-corrected chi connectivity index (χ2v) is 4.27. The van der Waals surface area contributed by atoms with Crippen molar-refractivity contribution < 1.29 is 13.5 Å². The van der Waals surface area contributed by atoms with Crippen molar-refractivity contribution in [1.29, 1.82) is 0 Å². The van der Waals surface area contributed by atoms with Crippen LogP contribution in [-0.2, 0) is 4.74 Å². The molecular weight excluding hydrogens is 248 g/mol. The van der Waals surface area contributed by atoms with E-state index in [1.165, 1.54) is 0 Å². The van der Waals surface area contributed by atoms with Crippen molar-refractivity contribution in [1.82, 2.24) is 0 Å². The Morgan fingerprint density at radius 3 is 2.71 bits per heavy atom. The molecular formula is C12H12ClF2NO. The van der Waals surface area contributed by atoms with E-state index in [0.717, 1.165) is 25.0 Å². The van der Waals surface area contributed by atoms with Gasteiger partial charge in [-0.2, -0.15) is 0 Å². The van der Waals surface area contributed by atoms with Gasteiger partial charge in [-0.3, -0.25) is 0 Å². The SMILES string of the molecule is NC(C1=CCCCO1)c1cc(F)c(Cl)cc1F. The summed E-state index contributed by atoms with van der Waals surface area (Å²) in [5, 5.41) is -0.253. The summed E-state index contributed by atoms with van der Waals surface area (Å²) in [5.74, 6) is -0.828. The topological polar surface area (TPSA) is 35.2 Å². The highest BCUT2D eigenvalue weighted by Gasteiger charge is 2.20. The number of benzene rings is 1. The molecule has 1 aliphatic heterocycles. The molecule has 0 amide bonds. The lowest BCUT2D eigenvalue weighted by Crippen LogP contribution is -2.19. The van der Waals surface area contributed by atoms with Gasteiger partial charge in [-0.15, -0.1) is 0 Å². The molecule has 0 saturated heterocycles. The van der Waals surface area contributed by atoms with E-state index in [-0.39, 0.29) is 10.6 Å². The molecule has 1 aliphatic rings. The average molecular weight is 260 g/mol. The van der Waals surface area contributed by atoms with Crippen LogP contribution in [0, 0.1) is 11.6 Å². The number of allylic oxidation sites excluding steroid dienone is 1. The summed E-state index contributed by atoms with van der Waals surface area (Å²) in [6.07, 6.45) is 3.55. The highest BCUT2D eigenvalue weighted by molar-refractivity contribution is 6.30. The van der Waals surface area contributed by atoms with Gasteiger partial charge in [-0.05, 0) is 31.1 Å². The summed E-state index contributed by atoms with van der Waals surface area (Å²) >= 11 is 5.47. The Hall–Kier alpha value is -1.13. The van der Waals surface area contributed by atoms with Crippen LogP contribution in [-0.4, -0.2) is 6.61 Å². The van der Waals surface area contributed by atoms with Crippen LogP contribution in [0.3, 0.4) is 0 Å². The van der Waals surface area contributed by atoms with Crippen LogP contribution in [0.5, 0.6) is 0 Å². The van der Waals surface area contributed by atoms with Crippen molar-refractivity contribution in [2.75, 3.05) is 6.61 Å². The predicted molar refractivity (Wildman–Crippen MR) is 61.6 cm³/mol. The van der Waals surface area contributed by atoms with Gasteiger partial charge in [0.2, 0.25) is 0 Å². The molecule has 0 bridgehead atoms. The van der Waals surface area contributed by atoms with Crippen LogP contribution < -0.4 is 5.73 Å². The lowest BCUT2D eigenvalue weighted by atomic mass is 10.0. The third kappa shape index (κ3) is 2.58. The Kier molecular flexibility index (Phi) is 3.64. The fourth-order valence-corrected chi connectivity index (χ4v) is 1.87. The van der Waals surface area contributed by atoms with E-state index < -0.39 is 17.7 Å². The number of ether oxygens (including phenoxy) is 1. The molecule has 2 rings (SSSR count). The molecule has 2 nitrogen and oxygen atoms in total. The molecule has 0 fully saturated rings. The fourth-order valence-electron chi connectivity index (χ4n) is 1.72. The average Bonchev–Trinajstić information content (AvgIpc) is 2.34. The first kappa shape index (κ1) is 12.3. The number of halogens is 3. The van der Waals surface area contributed by atoms with Crippen LogP contribution in [0.2, 0.25) is 5.02 Å². The molecule has 1 aromatic rings. The molecule has 2 N–H and O–H groups in total. The summed E-state index contributed by atoms with van der Waals surface area (Å²) < 4.78 is 32.2. The van der Waals surface area contributed by atoms with Crippen LogP contribution in [0.25, 0.3) is 0 Å². The Bertz CT molecular complexity index is 462. The highest BCUT2D eigenvalue weighted by atomic mass is 35.5. The molecule has 17 heavy (non-hydrogen) atoms. The third-order valence-electron chi connectivity index (χ3n) is 2.64. The van der Waals surface area contributed by atoms with Gasteiger partial charge in [0.25, 0.3) is 0 Å². The molecule has 1 atom stereocenters. The number of hydrogen-bond acceptors (Lipinski definition) is 2. The molecule has 0 aliphatic carbocycles. The smallest absolute Gasteiger partial charge is 0.142 e. The van der Waals surface area contributed by atoms with E-state index in [4.69, 9.17) is 22.1 Å². The molecule has 1 heterocycles. The van der Waals surface area contributed by atoms with Crippen molar-refractivity contribution in [2.24, 2.45) is 5.73 Å². The fraction of sp³-hybridized carbons (Fsp3) is 0.333. The van der Waals surface area contributed by atoms with Crippen molar-refractivity contribution in [3.05, 3.63) is 46.2 Å².